The van der Waals surface area contributed by atoms with Gasteiger partial charge in [-0.05, 0) is 38.0 Å². The van der Waals surface area contributed by atoms with E-state index in [9.17, 15) is 9.90 Å². The number of ether oxygens (including phenoxy) is 1. The fraction of sp³-hybridized carbons (Fsp3) is 0.364. The number of carbonyl (C=O) groups is 1. The summed E-state index contributed by atoms with van der Waals surface area (Å²) < 4.78 is 5.11. The second-order valence-corrected chi connectivity index (χ2v) is 3.28. The van der Waals surface area contributed by atoms with E-state index in [0.29, 0.717) is 16.9 Å². The number of hydrogen-bond acceptors (Lipinski definition) is 3. The second kappa shape index (κ2) is 3.70. The number of phenolic OH excluding ortho intramolecular Hbond substituents is 1. The van der Waals surface area contributed by atoms with Gasteiger partial charge in [-0.1, -0.05) is 0 Å². The zero-order valence-electron chi connectivity index (χ0n) is 8.84. The average molecular weight is 194 g/mol. The molecule has 3 nitrogen and oxygen atoms in total. The minimum Gasteiger partial charge on any atom is -0.507 e. The second-order valence-electron chi connectivity index (χ2n) is 3.28. The van der Waals surface area contributed by atoms with E-state index in [1.807, 2.05) is 6.92 Å². The summed E-state index contributed by atoms with van der Waals surface area (Å²) in [6.07, 6.45) is 0. The average Bonchev–Trinajstić information content (AvgIpc) is 2.14. The molecular weight excluding hydrogens is 180 g/mol. The minimum absolute atomic E-state index is 0.0517. The zero-order valence-corrected chi connectivity index (χ0v) is 8.84. The number of phenols is 1. The summed E-state index contributed by atoms with van der Waals surface area (Å²) in [5, 5.41) is 9.69. The molecule has 1 N–H and O–H groups in total. The van der Waals surface area contributed by atoms with Crippen molar-refractivity contribution in [2.24, 2.45) is 0 Å². The van der Waals surface area contributed by atoms with Crippen molar-refractivity contribution in [3.8, 4) is 11.5 Å². The molecule has 14 heavy (non-hydrogen) atoms. The van der Waals surface area contributed by atoms with Gasteiger partial charge in [0.15, 0.2) is 5.78 Å². The number of Topliss-reactive ketones (excluding diaryl/α,β-unsaturated/α-hetero) is 1. The van der Waals surface area contributed by atoms with Crippen LogP contribution in [0.15, 0.2) is 6.07 Å². The monoisotopic (exact) mass is 194 g/mol. The predicted molar refractivity (Wildman–Crippen MR) is 54.1 cm³/mol. The molecule has 0 fully saturated rings. The summed E-state index contributed by atoms with van der Waals surface area (Å²) in [5.74, 6) is 0.519. The summed E-state index contributed by atoms with van der Waals surface area (Å²) in [6, 6.07) is 1.57. The van der Waals surface area contributed by atoms with Gasteiger partial charge >= 0.3 is 0 Å². The van der Waals surface area contributed by atoms with Crippen LogP contribution in [0.25, 0.3) is 0 Å². The molecule has 76 valence electrons. The Balaban J connectivity index is 3.48. The van der Waals surface area contributed by atoms with E-state index in [1.165, 1.54) is 6.92 Å². The Hall–Kier alpha value is -1.51. The minimum atomic E-state index is -0.163. The van der Waals surface area contributed by atoms with Crippen molar-refractivity contribution in [1.29, 1.82) is 0 Å². The van der Waals surface area contributed by atoms with E-state index in [-0.39, 0.29) is 11.5 Å². The third kappa shape index (κ3) is 1.58. The lowest BCUT2D eigenvalue weighted by Gasteiger charge is -2.12. The van der Waals surface area contributed by atoms with Crippen LogP contribution >= 0.6 is 0 Å². The number of methoxy groups -OCH3 is 1. The highest BCUT2D eigenvalue weighted by molar-refractivity contribution is 5.97. The Morgan fingerprint density at radius 2 is 1.93 bits per heavy atom. The molecule has 1 aromatic rings. The molecule has 0 heterocycles. The summed E-state index contributed by atoms with van der Waals surface area (Å²) in [6.45, 7) is 5.03. The molecule has 0 aliphatic carbocycles. The predicted octanol–water partition coefficient (Wildman–Crippen LogP) is 2.22. The molecule has 0 radical (unpaired) electrons. The number of hydrogen-bond donors (Lipinski definition) is 1. The third-order valence-corrected chi connectivity index (χ3v) is 2.42. The number of rotatable bonds is 2. The Kier molecular flexibility index (Phi) is 2.79. The van der Waals surface area contributed by atoms with Crippen LogP contribution in [0.3, 0.4) is 0 Å². The number of benzene rings is 1. The zero-order chi connectivity index (χ0) is 10.9. The highest BCUT2D eigenvalue weighted by Crippen LogP contribution is 2.32. The van der Waals surface area contributed by atoms with E-state index in [2.05, 4.69) is 0 Å². The van der Waals surface area contributed by atoms with Crippen molar-refractivity contribution in [1.82, 2.24) is 0 Å². The van der Waals surface area contributed by atoms with Crippen LogP contribution in [0.1, 0.15) is 28.4 Å². The molecule has 0 bridgehead atoms. The maximum absolute atomic E-state index is 11.2. The summed E-state index contributed by atoms with van der Waals surface area (Å²) >= 11 is 0. The Bertz CT molecular complexity index is 381. The molecule has 0 spiro atoms. The van der Waals surface area contributed by atoms with E-state index in [1.54, 1.807) is 20.1 Å². The van der Waals surface area contributed by atoms with E-state index in [4.69, 9.17) is 4.74 Å². The normalized spacial score (nSPS) is 10.0. The van der Waals surface area contributed by atoms with Gasteiger partial charge in [-0.25, -0.2) is 0 Å². The topological polar surface area (TPSA) is 46.5 Å². The van der Waals surface area contributed by atoms with Crippen LogP contribution in [0, 0.1) is 13.8 Å². The summed E-state index contributed by atoms with van der Waals surface area (Å²) in [7, 11) is 1.54. The van der Waals surface area contributed by atoms with E-state index in [0.717, 1.165) is 5.56 Å². The first-order valence-electron chi connectivity index (χ1n) is 4.37. The Morgan fingerprint density at radius 1 is 1.36 bits per heavy atom. The van der Waals surface area contributed by atoms with Gasteiger partial charge in [-0.15, -0.1) is 0 Å². The van der Waals surface area contributed by atoms with Gasteiger partial charge in [0.1, 0.15) is 11.5 Å². The van der Waals surface area contributed by atoms with Gasteiger partial charge in [0.25, 0.3) is 0 Å². The van der Waals surface area contributed by atoms with Crippen LogP contribution < -0.4 is 4.74 Å². The standard InChI is InChI=1S/C11H14O3/c1-6-7(2)11(13)9(8(3)12)5-10(6)14-4/h5,13H,1-4H3. The molecule has 0 saturated heterocycles. The molecule has 0 saturated carbocycles. The maximum atomic E-state index is 11.2. The van der Waals surface area contributed by atoms with Gasteiger partial charge in [-0.2, -0.15) is 0 Å². The molecule has 1 rings (SSSR count). The van der Waals surface area contributed by atoms with Crippen LogP contribution in [0.2, 0.25) is 0 Å². The van der Waals surface area contributed by atoms with Gasteiger partial charge in [0.2, 0.25) is 0 Å². The van der Waals surface area contributed by atoms with E-state index < -0.39 is 0 Å². The van der Waals surface area contributed by atoms with Crippen molar-refractivity contribution in [3.63, 3.8) is 0 Å². The van der Waals surface area contributed by atoms with Gasteiger partial charge in [-0.3, -0.25) is 4.79 Å². The van der Waals surface area contributed by atoms with Gasteiger partial charge in [0.05, 0.1) is 12.7 Å². The van der Waals surface area contributed by atoms with Crippen LogP contribution in [0.5, 0.6) is 11.5 Å². The van der Waals surface area contributed by atoms with Gasteiger partial charge in [0, 0.05) is 0 Å². The molecule has 3 heteroatoms. The van der Waals surface area contributed by atoms with Crippen LogP contribution in [0.4, 0.5) is 0 Å². The first-order chi connectivity index (χ1) is 6.49. The molecule has 0 amide bonds. The molecule has 0 unspecified atom stereocenters. The highest BCUT2D eigenvalue weighted by atomic mass is 16.5. The summed E-state index contributed by atoms with van der Waals surface area (Å²) in [4.78, 5) is 11.2. The Labute approximate surface area is 83.3 Å². The molecule has 1 aromatic carbocycles. The maximum Gasteiger partial charge on any atom is 0.163 e. The fourth-order valence-corrected chi connectivity index (χ4v) is 1.35. The van der Waals surface area contributed by atoms with E-state index >= 15 is 0 Å². The lowest BCUT2D eigenvalue weighted by atomic mass is 10.0. The SMILES string of the molecule is COc1cc(C(C)=O)c(O)c(C)c1C. The highest BCUT2D eigenvalue weighted by Gasteiger charge is 2.14. The van der Waals surface area contributed by atoms with Crippen molar-refractivity contribution < 1.29 is 14.6 Å². The molecule has 0 aliphatic heterocycles. The lowest BCUT2D eigenvalue weighted by molar-refractivity contribution is 0.101. The van der Waals surface area contributed by atoms with Crippen LogP contribution in [-0.4, -0.2) is 18.0 Å². The van der Waals surface area contributed by atoms with Crippen LogP contribution in [-0.2, 0) is 0 Å². The quantitative estimate of drug-likeness (QED) is 0.734. The number of aromatic hydroxyl groups is 1. The molecule has 0 atom stereocenters. The first-order valence-corrected chi connectivity index (χ1v) is 4.37. The van der Waals surface area contributed by atoms with Crippen molar-refractivity contribution >= 4 is 5.78 Å². The smallest absolute Gasteiger partial charge is 0.163 e. The number of carbonyl (C=O) groups excluding carboxylic acids is 1. The molecule has 0 aliphatic rings. The lowest BCUT2D eigenvalue weighted by Crippen LogP contribution is -1.99. The molecule has 0 aromatic heterocycles. The van der Waals surface area contributed by atoms with Gasteiger partial charge < -0.3 is 9.84 Å². The number of ketones is 1. The largest absolute Gasteiger partial charge is 0.507 e. The van der Waals surface area contributed by atoms with Crippen molar-refractivity contribution in [3.05, 3.63) is 22.8 Å². The Morgan fingerprint density at radius 3 is 2.36 bits per heavy atom. The fourth-order valence-electron chi connectivity index (χ4n) is 1.35. The van der Waals surface area contributed by atoms with Crippen molar-refractivity contribution in [2.75, 3.05) is 7.11 Å². The third-order valence-electron chi connectivity index (χ3n) is 2.42. The molecular formula is C11H14O3. The van der Waals surface area contributed by atoms with Crippen molar-refractivity contribution in [2.45, 2.75) is 20.8 Å². The first kappa shape index (κ1) is 10.6. The summed E-state index contributed by atoms with van der Waals surface area (Å²) in [5.41, 5.74) is 1.86.